The third-order valence-electron chi connectivity index (χ3n) is 2.92. The van der Waals surface area contributed by atoms with Crippen LogP contribution >= 0.6 is 34.2 Å². The van der Waals surface area contributed by atoms with Crippen molar-refractivity contribution in [1.82, 2.24) is 9.78 Å². The largest absolute Gasteiger partial charge is 0.383 e. The number of nitrogen functional groups attached to an aromatic ring is 1. The molecule has 0 spiro atoms. The second-order valence-electron chi connectivity index (χ2n) is 5.55. The zero-order chi connectivity index (χ0) is 14.2. The van der Waals surface area contributed by atoms with E-state index in [0.29, 0.717) is 12.4 Å². The van der Waals surface area contributed by atoms with Gasteiger partial charge in [-0.1, -0.05) is 50.6 Å². The SMILES string of the molecule is CC(C)(C)c1nn(Cc2ccccc2Cl)c(N)c1I. The van der Waals surface area contributed by atoms with Crippen LogP contribution in [-0.2, 0) is 12.0 Å². The van der Waals surface area contributed by atoms with Crippen LogP contribution in [0.4, 0.5) is 5.82 Å². The van der Waals surface area contributed by atoms with Crippen LogP contribution in [0.15, 0.2) is 24.3 Å². The average Bonchev–Trinajstić information content (AvgIpc) is 2.60. The summed E-state index contributed by atoms with van der Waals surface area (Å²) in [5, 5.41) is 5.38. The van der Waals surface area contributed by atoms with Crippen molar-refractivity contribution in [2.45, 2.75) is 32.7 Å². The smallest absolute Gasteiger partial charge is 0.135 e. The summed E-state index contributed by atoms with van der Waals surface area (Å²) in [4.78, 5) is 0. The molecule has 0 aliphatic carbocycles. The van der Waals surface area contributed by atoms with Crippen LogP contribution in [0.25, 0.3) is 0 Å². The number of nitrogens with zero attached hydrogens (tertiary/aromatic N) is 2. The van der Waals surface area contributed by atoms with Gasteiger partial charge in [-0.25, -0.2) is 4.68 Å². The summed E-state index contributed by atoms with van der Waals surface area (Å²) in [6.07, 6.45) is 0. The summed E-state index contributed by atoms with van der Waals surface area (Å²) < 4.78 is 2.85. The fourth-order valence-corrected chi connectivity index (χ4v) is 3.23. The second kappa shape index (κ2) is 5.32. The van der Waals surface area contributed by atoms with Gasteiger partial charge in [-0.15, -0.1) is 0 Å². The molecule has 0 aliphatic heterocycles. The highest BCUT2D eigenvalue weighted by molar-refractivity contribution is 14.1. The van der Waals surface area contributed by atoms with E-state index in [1.54, 1.807) is 0 Å². The van der Waals surface area contributed by atoms with Gasteiger partial charge in [0.15, 0.2) is 0 Å². The van der Waals surface area contributed by atoms with E-state index >= 15 is 0 Å². The molecule has 0 bridgehead atoms. The highest BCUT2D eigenvalue weighted by Gasteiger charge is 2.24. The number of hydrogen-bond donors (Lipinski definition) is 1. The first-order valence-electron chi connectivity index (χ1n) is 6.06. The molecule has 19 heavy (non-hydrogen) atoms. The van der Waals surface area contributed by atoms with E-state index in [2.05, 4.69) is 48.5 Å². The van der Waals surface area contributed by atoms with Gasteiger partial charge < -0.3 is 5.73 Å². The molecule has 5 heteroatoms. The summed E-state index contributed by atoms with van der Waals surface area (Å²) in [7, 11) is 0. The number of hydrogen-bond acceptors (Lipinski definition) is 2. The maximum atomic E-state index is 6.18. The number of aromatic nitrogens is 2. The van der Waals surface area contributed by atoms with E-state index in [9.17, 15) is 0 Å². The first-order chi connectivity index (χ1) is 8.80. The van der Waals surface area contributed by atoms with Crippen LogP contribution in [0.2, 0.25) is 5.02 Å². The monoisotopic (exact) mass is 389 g/mol. The quantitative estimate of drug-likeness (QED) is 0.787. The van der Waals surface area contributed by atoms with Crippen molar-refractivity contribution >= 4 is 40.0 Å². The van der Waals surface area contributed by atoms with E-state index in [-0.39, 0.29) is 5.41 Å². The predicted molar refractivity (Wildman–Crippen MR) is 88.6 cm³/mol. The topological polar surface area (TPSA) is 43.8 Å². The molecular formula is C14H17ClIN3. The van der Waals surface area contributed by atoms with Gasteiger partial charge >= 0.3 is 0 Å². The lowest BCUT2D eigenvalue weighted by atomic mass is 9.92. The van der Waals surface area contributed by atoms with Crippen LogP contribution in [-0.4, -0.2) is 9.78 Å². The minimum Gasteiger partial charge on any atom is -0.383 e. The molecular weight excluding hydrogens is 373 g/mol. The number of rotatable bonds is 2. The fraction of sp³-hybridized carbons (Fsp3) is 0.357. The lowest BCUT2D eigenvalue weighted by Crippen LogP contribution is -2.14. The van der Waals surface area contributed by atoms with Crippen LogP contribution in [0.1, 0.15) is 32.0 Å². The molecule has 0 unspecified atom stereocenters. The minimum absolute atomic E-state index is 0.0175. The van der Waals surface area contributed by atoms with Crippen molar-refractivity contribution in [1.29, 1.82) is 0 Å². The van der Waals surface area contributed by atoms with Crippen LogP contribution in [0.5, 0.6) is 0 Å². The molecule has 0 amide bonds. The molecule has 2 rings (SSSR count). The summed E-state index contributed by atoms with van der Waals surface area (Å²) in [5.41, 5.74) is 8.18. The summed E-state index contributed by atoms with van der Waals surface area (Å²) >= 11 is 8.44. The molecule has 0 atom stereocenters. The van der Waals surface area contributed by atoms with Gasteiger partial charge in [0, 0.05) is 10.4 Å². The maximum absolute atomic E-state index is 6.18. The van der Waals surface area contributed by atoms with Gasteiger partial charge in [-0.05, 0) is 34.2 Å². The highest BCUT2D eigenvalue weighted by Crippen LogP contribution is 2.30. The third-order valence-corrected chi connectivity index (χ3v) is 4.35. The summed E-state index contributed by atoms with van der Waals surface area (Å²) in [6, 6.07) is 7.76. The first kappa shape index (κ1) is 14.7. The first-order valence-corrected chi connectivity index (χ1v) is 7.52. The maximum Gasteiger partial charge on any atom is 0.135 e. The van der Waals surface area contributed by atoms with Gasteiger partial charge in [0.1, 0.15) is 5.82 Å². The molecule has 1 aromatic heterocycles. The van der Waals surface area contributed by atoms with Crippen molar-refractivity contribution in [2.24, 2.45) is 0 Å². The van der Waals surface area contributed by atoms with Crippen LogP contribution < -0.4 is 5.73 Å². The molecule has 0 fully saturated rings. The van der Waals surface area contributed by atoms with E-state index < -0.39 is 0 Å². The van der Waals surface area contributed by atoms with E-state index in [0.717, 1.165) is 19.9 Å². The Hall–Kier alpha value is -0.750. The number of anilines is 1. The van der Waals surface area contributed by atoms with Crippen molar-refractivity contribution in [3.8, 4) is 0 Å². The van der Waals surface area contributed by atoms with Crippen LogP contribution in [0, 0.1) is 3.57 Å². The molecule has 2 N–H and O–H groups in total. The fourth-order valence-electron chi connectivity index (χ4n) is 1.84. The normalized spacial score (nSPS) is 11.8. The van der Waals surface area contributed by atoms with Crippen LogP contribution in [0.3, 0.4) is 0 Å². The van der Waals surface area contributed by atoms with Gasteiger partial charge in [-0.3, -0.25) is 0 Å². The lowest BCUT2D eigenvalue weighted by molar-refractivity contribution is 0.544. The van der Waals surface area contributed by atoms with E-state index in [1.165, 1.54) is 0 Å². The Balaban J connectivity index is 2.40. The molecule has 0 saturated heterocycles. The Morgan fingerprint density at radius 2 is 1.95 bits per heavy atom. The van der Waals surface area contributed by atoms with Crippen molar-refractivity contribution < 1.29 is 0 Å². The molecule has 2 aromatic rings. The molecule has 0 saturated carbocycles. The average molecular weight is 390 g/mol. The van der Waals surface area contributed by atoms with Crippen molar-refractivity contribution in [2.75, 3.05) is 5.73 Å². The standard InChI is InChI=1S/C14H17ClIN3/c1-14(2,3)12-11(16)13(17)19(18-12)8-9-6-4-5-7-10(9)15/h4-7H,8,17H2,1-3H3. The number of halogens is 2. The van der Waals surface area contributed by atoms with E-state index in [1.807, 2.05) is 28.9 Å². The van der Waals surface area contributed by atoms with Gasteiger partial charge in [0.2, 0.25) is 0 Å². The molecule has 1 heterocycles. The highest BCUT2D eigenvalue weighted by atomic mass is 127. The molecule has 102 valence electrons. The molecule has 0 radical (unpaired) electrons. The zero-order valence-electron chi connectivity index (χ0n) is 11.2. The number of benzene rings is 1. The van der Waals surface area contributed by atoms with Gasteiger partial charge in [-0.2, -0.15) is 5.10 Å². The Morgan fingerprint density at radius 3 is 2.47 bits per heavy atom. The zero-order valence-corrected chi connectivity index (χ0v) is 14.2. The Kier molecular flexibility index (Phi) is 4.11. The van der Waals surface area contributed by atoms with Gasteiger partial charge in [0.05, 0.1) is 15.8 Å². The van der Waals surface area contributed by atoms with Crippen molar-refractivity contribution in [3.63, 3.8) is 0 Å². The Morgan fingerprint density at radius 1 is 1.32 bits per heavy atom. The second-order valence-corrected chi connectivity index (χ2v) is 7.03. The summed E-state index contributed by atoms with van der Waals surface area (Å²) in [6.45, 7) is 7.00. The molecule has 3 nitrogen and oxygen atoms in total. The predicted octanol–water partition coefficient (Wildman–Crippen LogP) is 4.07. The molecule has 1 aromatic carbocycles. The van der Waals surface area contributed by atoms with Crippen molar-refractivity contribution in [3.05, 3.63) is 44.1 Å². The third kappa shape index (κ3) is 3.05. The summed E-state index contributed by atoms with van der Waals surface area (Å²) in [5.74, 6) is 0.699. The van der Waals surface area contributed by atoms with E-state index in [4.69, 9.17) is 17.3 Å². The van der Waals surface area contributed by atoms with Gasteiger partial charge in [0.25, 0.3) is 0 Å². The lowest BCUT2D eigenvalue weighted by Gasteiger charge is -2.15. The minimum atomic E-state index is -0.0175. The Bertz CT molecular complexity index is 599. The number of nitrogens with two attached hydrogens (primary N) is 1. The molecule has 0 aliphatic rings. The Labute approximate surface area is 132 Å².